The molecule has 2 aromatic rings. The van der Waals surface area contributed by atoms with Gasteiger partial charge in [0.2, 0.25) is 11.8 Å². The summed E-state index contributed by atoms with van der Waals surface area (Å²) in [6, 6.07) is 12.2. The largest absolute Gasteiger partial charge is 0.376 e. The third kappa shape index (κ3) is 6.83. The molecule has 2 fully saturated rings. The van der Waals surface area contributed by atoms with Gasteiger partial charge in [0, 0.05) is 23.6 Å². The fourth-order valence-electron chi connectivity index (χ4n) is 4.02. The Hall–Kier alpha value is -2.43. The van der Waals surface area contributed by atoms with Crippen molar-refractivity contribution in [2.24, 2.45) is 4.99 Å². The van der Waals surface area contributed by atoms with E-state index >= 15 is 0 Å². The summed E-state index contributed by atoms with van der Waals surface area (Å²) >= 11 is 1.72. The van der Waals surface area contributed by atoms with Crippen molar-refractivity contribution in [1.29, 1.82) is 0 Å². The van der Waals surface area contributed by atoms with Crippen LogP contribution in [0.5, 0.6) is 0 Å². The maximum atomic E-state index is 13.3. The number of amidine groups is 1. The SMILES string of the molecule is Cc1ccc(NC(=O)C[C@@H]2SC(=Nc3ccc(SC(F)F)cc3)N(C[C@H]3CCCO3)C2=O)c(C)c1. The summed E-state index contributed by atoms with van der Waals surface area (Å²) in [7, 11) is 0. The van der Waals surface area contributed by atoms with Crippen LogP contribution in [0.25, 0.3) is 0 Å². The van der Waals surface area contributed by atoms with Gasteiger partial charge >= 0.3 is 0 Å². The number of aliphatic imine (C=N–C) groups is 1. The lowest BCUT2D eigenvalue weighted by Gasteiger charge is -2.20. The summed E-state index contributed by atoms with van der Waals surface area (Å²) in [5, 5.41) is 2.80. The van der Waals surface area contributed by atoms with E-state index < -0.39 is 11.0 Å². The number of carbonyl (C=O) groups is 2. The average Bonchev–Trinajstić information content (AvgIpc) is 3.41. The van der Waals surface area contributed by atoms with Gasteiger partial charge in [-0.15, -0.1) is 0 Å². The second kappa shape index (κ2) is 11.5. The summed E-state index contributed by atoms with van der Waals surface area (Å²) in [5.41, 5.74) is 3.34. The van der Waals surface area contributed by atoms with Crippen molar-refractivity contribution in [3.05, 3.63) is 53.6 Å². The highest BCUT2D eigenvalue weighted by Gasteiger charge is 2.40. The second-order valence-electron chi connectivity index (χ2n) is 8.53. The first-order valence-electron chi connectivity index (χ1n) is 11.4. The van der Waals surface area contributed by atoms with Gasteiger partial charge in [-0.05, 0) is 62.6 Å². The van der Waals surface area contributed by atoms with Crippen LogP contribution < -0.4 is 5.32 Å². The molecule has 0 unspecified atom stereocenters. The Balaban J connectivity index is 1.49. The number of carbonyl (C=O) groups excluding carboxylic acids is 2. The summed E-state index contributed by atoms with van der Waals surface area (Å²) < 4.78 is 30.9. The zero-order valence-electron chi connectivity index (χ0n) is 19.5. The highest BCUT2D eigenvalue weighted by Crippen LogP contribution is 2.34. The molecule has 6 nitrogen and oxygen atoms in total. The van der Waals surface area contributed by atoms with Crippen molar-refractivity contribution in [3.63, 3.8) is 0 Å². The van der Waals surface area contributed by atoms with Crippen LogP contribution >= 0.6 is 23.5 Å². The van der Waals surface area contributed by atoms with E-state index in [9.17, 15) is 18.4 Å². The van der Waals surface area contributed by atoms with Gasteiger partial charge in [-0.2, -0.15) is 8.78 Å². The van der Waals surface area contributed by atoms with Crippen LogP contribution in [0.2, 0.25) is 0 Å². The number of benzene rings is 2. The Morgan fingerprint density at radius 2 is 2.03 bits per heavy atom. The van der Waals surface area contributed by atoms with Gasteiger partial charge in [0.05, 0.1) is 18.3 Å². The van der Waals surface area contributed by atoms with Gasteiger partial charge in [0.25, 0.3) is 5.76 Å². The van der Waals surface area contributed by atoms with E-state index in [2.05, 4.69) is 10.3 Å². The predicted molar refractivity (Wildman–Crippen MR) is 137 cm³/mol. The average molecular weight is 520 g/mol. The lowest BCUT2D eigenvalue weighted by atomic mass is 10.1. The summed E-state index contributed by atoms with van der Waals surface area (Å²) in [5.74, 6) is -2.91. The first-order valence-corrected chi connectivity index (χ1v) is 13.1. The maximum Gasteiger partial charge on any atom is 0.288 e. The van der Waals surface area contributed by atoms with E-state index in [0.29, 0.717) is 40.7 Å². The van der Waals surface area contributed by atoms with Crippen LogP contribution in [0.3, 0.4) is 0 Å². The maximum absolute atomic E-state index is 13.3. The van der Waals surface area contributed by atoms with Crippen molar-refractivity contribution in [2.45, 2.75) is 55.1 Å². The third-order valence-electron chi connectivity index (χ3n) is 5.74. The van der Waals surface area contributed by atoms with Gasteiger partial charge in [-0.25, -0.2) is 4.99 Å². The Bertz CT molecular complexity index is 1110. The molecule has 1 N–H and O–H groups in total. The zero-order chi connectivity index (χ0) is 24.9. The topological polar surface area (TPSA) is 71.0 Å². The van der Waals surface area contributed by atoms with Crippen LogP contribution in [-0.4, -0.2) is 52.1 Å². The van der Waals surface area contributed by atoms with E-state index in [1.165, 1.54) is 11.8 Å². The molecule has 186 valence electrons. The Morgan fingerprint density at radius 1 is 1.26 bits per heavy atom. The quantitative estimate of drug-likeness (QED) is 0.449. The molecule has 2 aromatic carbocycles. The first-order chi connectivity index (χ1) is 16.8. The number of halogens is 2. The normalized spacial score (nSPS) is 21.3. The van der Waals surface area contributed by atoms with Crippen molar-refractivity contribution < 1.29 is 23.1 Å². The molecule has 2 atom stereocenters. The monoisotopic (exact) mass is 519 g/mol. The Kier molecular flexibility index (Phi) is 8.46. The lowest BCUT2D eigenvalue weighted by Crippen LogP contribution is -2.38. The molecule has 0 aliphatic carbocycles. The van der Waals surface area contributed by atoms with Gasteiger partial charge in [-0.1, -0.05) is 41.2 Å². The summed E-state index contributed by atoms with van der Waals surface area (Å²) in [6.07, 6.45) is 1.75. The highest BCUT2D eigenvalue weighted by molar-refractivity contribution is 8.15. The van der Waals surface area contributed by atoms with E-state index in [4.69, 9.17) is 4.74 Å². The smallest absolute Gasteiger partial charge is 0.288 e. The second-order valence-corrected chi connectivity index (χ2v) is 10.8. The molecule has 0 radical (unpaired) electrons. The zero-order valence-corrected chi connectivity index (χ0v) is 21.1. The first kappa shape index (κ1) is 25.7. The van der Waals surface area contributed by atoms with Crippen molar-refractivity contribution in [1.82, 2.24) is 4.90 Å². The molecule has 0 spiro atoms. The fraction of sp³-hybridized carbons (Fsp3) is 0.400. The highest BCUT2D eigenvalue weighted by atomic mass is 32.2. The molecule has 10 heteroatoms. The molecule has 0 saturated carbocycles. The Labute approximate surface area is 211 Å². The lowest BCUT2D eigenvalue weighted by molar-refractivity contribution is -0.129. The van der Waals surface area contributed by atoms with Gasteiger partial charge in [-0.3, -0.25) is 14.5 Å². The predicted octanol–water partition coefficient (Wildman–Crippen LogP) is 5.76. The molecule has 2 saturated heterocycles. The minimum absolute atomic E-state index is 0.0157. The van der Waals surface area contributed by atoms with Crippen LogP contribution in [0.15, 0.2) is 52.4 Å². The molecule has 2 amide bonds. The number of hydrogen-bond donors (Lipinski definition) is 1. The van der Waals surface area contributed by atoms with Crippen molar-refractivity contribution in [2.75, 3.05) is 18.5 Å². The van der Waals surface area contributed by atoms with E-state index in [-0.39, 0.29) is 24.3 Å². The van der Waals surface area contributed by atoms with Gasteiger partial charge in [0.15, 0.2) is 5.17 Å². The van der Waals surface area contributed by atoms with Crippen molar-refractivity contribution >= 4 is 51.9 Å². The molecule has 2 heterocycles. The number of alkyl halides is 2. The molecule has 35 heavy (non-hydrogen) atoms. The van der Waals surface area contributed by atoms with Crippen molar-refractivity contribution in [3.8, 4) is 0 Å². The van der Waals surface area contributed by atoms with E-state index in [1.807, 2.05) is 32.0 Å². The molecular formula is C25H27F2N3O3S2. The third-order valence-corrected chi connectivity index (χ3v) is 7.64. The molecule has 0 bridgehead atoms. The number of nitrogens with one attached hydrogen (secondary N) is 1. The fourth-order valence-corrected chi connectivity index (χ4v) is 5.69. The molecule has 2 aliphatic heterocycles. The number of rotatable bonds is 8. The van der Waals surface area contributed by atoms with Crippen LogP contribution in [0.4, 0.5) is 20.2 Å². The number of ether oxygens (including phenoxy) is 1. The summed E-state index contributed by atoms with van der Waals surface area (Å²) in [6.45, 7) is 4.95. The van der Waals surface area contributed by atoms with Crippen LogP contribution in [0.1, 0.15) is 30.4 Å². The molecule has 4 rings (SSSR count). The number of amides is 2. The molecular weight excluding hydrogens is 492 g/mol. The summed E-state index contributed by atoms with van der Waals surface area (Å²) in [4.78, 5) is 32.7. The van der Waals surface area contributed by atoms with Gasteiger partial charge < -0.3 is 10.1 Å². The van der Waals surface area contributed by atoms with Crippen LogP contribution in [-0.2, 0) is 14.3 Å². The standard InChI is InChI=1S/C25H27F2N3O3S2/c1-15-5-10-20(16(2)12-15)29-22(31)13-21-23(32)30(14-18-4-3-11-33-18)25(35-21)28-17-6-8-19(9-7-17)34-24(26)27/h5-10,12,18,21,24H,3-4,11,13-14H2,1-2H3,(H,29,31)/t18-,21+/m1/s1. The van der Waals surface area contributed by atoms with E-state index in [1.54, 1.807) is 29.2 Å². The van der Waals surface area contributed by atoms with Crippen LogP contribution in [0, 0.1) is 13.8 Å². The number of aryl methyl sites for hydroxylation is 2. The number of hydrogen-bond acceptors (Lipinski definition) is 6. The minimum Gasteiger partial charge on any atom is -0.376 e. The Morgan fingerprint density at radius 3 is 2.69 bits per heavy atom. The van der Waals surface area contributed by atoms with Gasteiger partial charge in [0.1, 0.15) is 5.25 Å². The minimum atomic E-state index is -2.49. The number of nitrogens with zero attached hydrogens (tertiary/aromatic N) is 2. The molecule has 0 aromatic heterocycles. The molecule has 2 aliphatic rings. The number of thioether (sulfide) groups is 2. The van der Waals surface area contributed by atoms with E-state index in [0.717, 1.165) is 29.7 Å². The number of anilines is 1.